The first-order chi connectivity index (χ1) is 13.6. The van der Waals surface area contributed by atoms with E-state index in [4.69, 9.17) is 0 Å². The normalized spacial score (nSPS) is 16.5. The fourth-order valence-corrected chi connectivity index (χ4v) is 3.67. The number of rotatable bonds is 7. The highest BCUT2D eigenvalue weighted by atomic mass is 16.2. The van der Waals surface area contributed by atoms with E-state index in [1.807, 2.05) is 18.3 Å². The highest BCUT2D eigenvalue weighted by Gasteiger charge is 2.37. The first-order valence-corrected chi connectivity index (χ1v) is 9.95. The summed E-state index contributed by atoms with van der Waals surface area (Å²) in [6, 6.07) is 6.18. The van der Waals surface area contributed by atoms with Crippen LogP contribution < -0.4 is 10.5 Å². The van der Waals surface area contributed by atoms with Crippen molar-refractivity contribution >= 4 is 11.6 Å². The third kappa shape index (κ3) is 3.72. The number of nitrogens with zero attached hydrogens (tertiary/aromatic N) is 3. The number of aryl methyl sites for hydroxylation is 1. The van der Waals surface area contributed by atoms with Crippen molar-refractivity contribution in [1.82, 2.24) is 14.9 Å². The third-order valence-corrected chi connectivity index (χ3v) is 5.66. The molecule has 2 fully saturated rings. The Morgan fingerprint density at radius 3 is 2.86 bits per heavy atom. The van der Waals surface area contributed by atoms with Crippen molar-refractivity contribution in [3.05, 3.63) is 59.2 Å². The number of anilines is 1. The molecule has 28 heavy (non-hydrogen) atoms. The van der Waals surface area contributed by atoms with E-state index in [-0.39, 0.29) is 17.5 Å². The maximum atomic E-state index is 12.7. The number of aromatic nitrogens is 2. The fourth-order valence-electron chi connectivity index (χ4n) is 3.67. The van der Waals surface area contributed by atoms with Crippen molar-refractivity contribution < 1.29 is 4.79 Å². The summed E-state index contributed by atoms with van der Waals surface area (Å²) in [5.41, 5.74) is 3.56. The second kappa shape index (κ2) is 7.62. The molecule has 1 aliphatic heterocycles. The van der Waals surface area contributed by atoms with Crippen LogP contribution in [0.15, 0.2) is 48.0 Å². The number of hydrogen-bond acceptors (Lipinski definition) is 4. The largest absolute Gasteiger partial charge is 0.360 e. The monoisotopic (exact) mass is 378 g/mol. The Kier molecular flexibility index (Phi) is 5.03. The van der Waals surface area contributed by atoms with Crippen molar-refractivity contribution in [3.63, 3.8) is 0 Å². The van der Waals surface area contributed by atoms with Gasteiger partial charge in [0.05, 0.1) is 11.7 Å². The molecule has 1 aliphatic carbocycles. The average molecular weight is 378 g/mol. The molecule has 0 unspecified atom stereocenters. The van der Waals surface area contributed by atoms with E-state index in [1.165, 1.54) is 24.5 Å². The Bertz CT molecular complexity index is 942. The van der Waals surface area contributed by atoms with Crippen LogP contribution in [0.2, 0.25) is 0 Å². The number of carbonyl (C=O) groups excluding carboxylic acids is 1. The molecule has 3 heterocycles. The van der Waals surface area contributed by atoms with Gasteiger partial charge in [-0.2, -0.15) is 0 Å². The van der Waals surface area contributed by atoms with Gasteiger partial charge in [0.25, 0.3) is 5.56 Å². The molecule has 146 valence electrons. The zero-order valence-electron chi connectivity index (χ0n) is 16.2. The highest BCUT2D eigenvalue weighted by Crippen LogP contribution is 2.33. The molecule has 0 aromatic carbocycles. The lowest BCUT2D eigenvalue weighted by molar-refractivity contribution is -0.130. The van der Waals surface area contributed by atoms with E-state index in [0.717, 1.165) is 24.2 Å². The van der Waals surface area contributed by atoms with Crippen LogP contribution in [0.25, 0.3) is 11.3 Å². The van der Waals surface area contributed by atoms with Crippen LogP contribution in [0.4, 0.5) is 5.69 Å². The Morgan fingerprint density at radius 1 is 1.39 bits per heavy atom. The standard InChI is InChI=1S/C22H26N4O2/c1-3-15-7-8-23-19(9-15)17-10-20(22(28)24-11-17)26(12-16-5-6-16)18-13-25(14-18)21(27)4-2/h4,7-11,16,18H,2-3,5-6,12-14H2,1H3,(H,24,28). The van der Waals surface area contributed by atoms with Crippen LogP contribution in [0, 0.1) is 5.92 Å². The van der Waals surface area contributed by atoms with Crippen LogP contribution in [0.1, 0.15) is 25.3 Å². The van der Waals surface area contributed by atoms with Crippen LogP contribution in [-0.4, -0.2) is 46.5 Å². The van der Waals surface area contributed by atoms with Gasteiger partial charge in [-0.1, -0.05) is 13.5 Å². The van der Waals surface area contributed by atoms with Crippen LogP contribution in [0.3, 0.4) is 0 Å². The molecule has 0 radical (unpaired) electrons. The van der Waals surface area contributed by atoms with E-state index in [2.05, 4.69) is 34.4 Å². The van der Waals surface area contributed by atoms with Gasteiger partial charge in [-0.05, 0) is 55.0 Å². The van der Waals surface area contributed by atoms with Crippen molar-refractivity contribution in [2.24, 2.45) is 5.92 Å². The maximum absolute atomic E-state index is 12.7. The number of amides is 1. The summed E-state index contributed by atoms with van der Waals surface area (Å²) in [6.45, 7) is 7.79. The Morgan fingerprint density at radius 2 is 2.18 bits per heavy atom. The molecule has 1 amide bonds. The van der Waals surface area contributed by atoms with Gasteiger partial charge in [-0.3, -0.25) is 14.6 Å². The number of pyridine rings is 2. The second-order valence-electron chi connectivity index (χ2n) is 7.70. The highest BCUT2D eigenvalue weighted by molar-refractivity contribution is 5.87. The summed E-state index contributed by atoms with van der Waals surface area (Å²) in [5.74, 6) is 0.583. The van der Waals surface area contributed by atoms with E-state index < -0.39 is 0 Å². The third-order valence-electron chi connectivity index (χ3n) is 5.66. The molecule has 0 atom stereocenters. The minimum atomic E-state index is -0.0930. The number of hydrogen-bond donors (Lipinski definition) is 1. The molecular weight excluding hydrogens is 352 g/mol. The zero-order chi connectivity index (χ0) is 19.7. The number of aromatic amines is 1. The summed E-state index contributed by atoms with van der Waals surface area (Å²) in [5, 5.41) is 0. The van der Waals surface area contributed by atoms with Gasteiger partial charge in [0, 0.05) is 37.6 Å². The Balaban J connectivity index is 1.63. The summed E-state index contributed by atoms with van der Waals surface area (Å²) < 4.78 is 0. The molecule has 0 bridgehead atoms. The summed E-state index contributed by atoms with van der Waals surface area (Å²) in [6.07, 6.45) is 8.24. The minimum Gasteiger partial charge on any atom is -0.360 e. The maximum Gasteiger partial charge on any atom is 0.271 e. The first kappa shape index (κ1) is 18.5. The average Bonchev–Trinajstić information content (AvgIpc) is 3.50. The summed E-state index contributed by atoms with van der Waals surface area (Å²) in [7, 11) is 0. The lowest BCUT2D eigenvalue weighted by Crippen LogP contribution is -2.62. The number of nitrogens with one attached hydrogen (secondary N) is 1. The SMILES string of the molecule is C=CC(=O)N1CC(N(CC2CC2)c2cc(-c3cc(CC)ccn3)c[nH]c2=O)C1. The molecule has 1 N–H and O–H groups in total. The van der Waals surface area contributed by atoms with E-state index in [9.17, 15) is 9.59 Å². The molecule has 2 aliphatic rings. The van der Waals surface area contributed by atoms with Gasteiger partial charge in [-0.25, -0.2) is 0 Å². The molecule has 6 nitrogen and oxygen atoms in total. The second-order valence-corrected chi connectivity index (χ2v) is 7.70. The van der Waals surface area contributed by atoms with Gasteiger partial charge in [0.1, 0.15) is 5.69 Å². The molecular formula is C22H26N4O2. The number of H-pyrrole nitrogens is 1. The summed E-state index contributed by atoms with van der Waals surface area (Å²) >= 11 is 0. The molecule has 2 aromatic rings. The lowest BCUT2D eigenvalue weighted by atomic mass is 10.0. The van der Waals surface area contributed by atoms with Gasteiger partial charge in [0.2, 0.25) is 5.91 Å². The van der Waals surface area contributed by atoms with Gasteiger partial charge in [0.15, 0.2) is 0 Å². The molecule has 0 spiro atoms. The summed E-state index contributed by atoms with van der Waals surface area (Å²) in [4.78, 5) is 35.8. The molecule has 6 heteroatoms. The quantitative estimate of drug-likeness (QED) is 0.752. The minimum absolute atomic E-state index is 0.0501. The smallest absolute Gasteiger partial charge is 0.271 e. The van der Waals surface area contributed by atoms with Crippen molar-refractivity contribution in [2.75, 3.05) is 24.5 Å². The van der Waals surface area contributed by atoms with Gasteiger partial charge >= 0.3 is 0 Å². The predicted molar refractivity (Wildman–Crippen MR) is 110 cm³/mol. The van der Waals surface area contributed by atoms with Gasteiger partial charge < -0.3 is 14.8 Å². The van der Waals surface area contributed by atoms with Crippen LogP contribution in [-0.2, 0) is 11.2 Å². The van der Waals surface area contributed by atoms with Crippen molar-refractivity contribution in [1.29, 1.82) is 0 Å². The lowest BCUT2D eigenvalue weighted by Gasteiger charge is -2.46. The molecule has 4 rings (SSSR count). The number of likely N-dealkylation sites (tertiary alicyclic amines) is 1. The fraction of sp³-hybridized carbons (Fsp3) is 0.409. The first-order valence-electron chi connectivity index (χ1n) is 9.95. The van der Waals surface area contributed by atoms with Crippen LogP contribution >= 0.6 is 0 Å². The zero-order valence-corrected chi connectivity index (χ0v) is 16.2. The van der Waals surface area contributed by atoms with Crippen molar-refractivity contribution in [2.45, 2.75) is 32.2 Å². The molecule has 1 saturated carbocycles. The number of carbonyl (C=O) groups is 1. The topological polar surface area (TPSA) is 69.3 Å². The van der Waals surface area contributed by atoms with E-state index in [1.54, 1.807) is 11.1 Å². The molecule has 1 saturated heterocycles. The molecule has 2 aromatic heterocycles. The van der Waals surface area contributed by atoms with E-state index >= 15 is 0 Å². The van der Waals surface area contributed by atoms with E-state index in [0.29, 0.717) is 24.7 Å². The van der Waals surface area contributed by atoms with Crippen molar-refractivity contribution in [3.8, 4) is 11.3 Å². The van der Waals surface area contributed by atoms with Crippen LogP contribution in [0.5, 0.6) is 0 Å². The predicted octanol–water partition coefficient (Wildman–Crippen LogP) is 2.61. The Hall–Kier alpha value is -2.89. The Labute approximate surface area is 164 Å². The van der Waals surface area contributed by atoms with Gasteiger partial charge in [-0.15, -0.1) is 0 Å².